The molecule has 188 valence electrons. The number of carboxylic acids is 1. The second-order valence-electron chi connectivity index (χ2n) is 8.09. The Kier molecular flexibility index (Phi) is 10.00. The first-order valence-corrected chi connectivity index (χ1v) is 11.7. The number of carbonyl (C=O) groups excluding carboxylic acids is 1. The van der Waals surface area contributed by atoms with Crippen LogP contribution in [0.4, 0.5) is 15.8 Å². The van der Waals surface area contributed by atoms with Crippen molar-refractivity contribution in [1.29, 1.82) is 0 Å². The van der Waals surface area contributed by atoms with E-state index in [1.165, 1.54) is 24.3 Å². The van der Waals surface area contributed by atoms with Gasteiger partial charge in [0.2, 0.25) is 5.91 Å². The van der Waals surface area contributed by atoms with Crippen molar-refractivity contribution in [3.63, 3.8) is 0 Å². The number of hydrogen-bond acceptors (Lipinski definition) is 5. The van der Waals surface area contributed by atoms with Crippen molar-refractivity contribution in [3.8, 4) is 0 Å². The summed E-state index contributed by atoms with van der Waals surface area (Å²) < 4.78 is 18.4. The molecule has 3 rings (SSSR count). The highest BCUT2D eigenvalue weighted by Gasteiger charge is 2.22. The Balaban J connectivity index is 1.57. The molecule has 35 heavy (non-hydrogen) atoms. The quantitative estimate of drug-likeness (QED) is 0.270. The lowest BCUT2D eigenvalue weighted by atomic mass is 10.2. The van der Waals surface area contributed by atoms with Gasteiger partial charge in [0.15, 0.2) is 5.96 Å². The zero-order valence-electron chi connectivity index (χ0n) is 19.9. The normalized spacial score (nSPS) is 14.6. The van der Waals surface area contributed by atoms with Gasteiger partial charge >= 0.3 is 5.97 Å². The van der Waals surface area contributed by atoms with Crippen molar-refractivity contribution < 1.29 is 23.8 Å². The first kappa shape index (κ1) is 26.1. The lowest BCUT2D eigenvalue weighted by molar-refractivity contribution is -0.117. The van der Waals surface area contributed by atoms with Crippen molar-refractivity contribution >= 4 is 29.2 Å². The van der Waals surface area contributed by atoms with Gasteiger partial charge in [0.1, 0.15) is 5.82 Å². The number of ether oxygens (including phenoxy) is 1. The number of nitrogens with one attached hydrogen (secondary N) is 2. The van der Waals surface area contributed by atoms with Gasteiger partial charge in [-0.1, -0.05) is 6.07 Å². The van der Waals surface area contributed by atoms with Gasteiger partial charge in [-0.2, -0.15) is 0 Å². The van der Waals surface area contributed by atoms with Gasteiger partial charge in [-0.25, -0.2) is 9.18 Å². The summed E-state index contributed by atoms with van der Waals surface area (Å²) in [5.74, 6) is -0.827. The average Bonchev–Trinajstić information content (AvgIpc) is 2.85. The van der Waals surface area contributed by atoms with Crippen LogP contribution >= 0.6 is 0 Å². The molecule has 9 nitrogen and oxygen atoms in total. The Morgan fingerprint density at radius 2 is 1.80 bits per heavy atom. The number of carbonyl (C=O) groups is 2. The number of halogens is 1. The van der Waals surface area contributed by atoms with E-state index in [0.29, 0.717) is 63.3 Å². The summed E-state index contributed by atoms with van der Waals surface area (Å²) in [5, 5.41) is 15.3. The predicted molar refractivity (Wildman–Crippen MR) is 133 cm³/mol. The highest BCUT2D eigenvalue weighted by molar-refractivity contribution is 5.96. The molecule has 0 aliphatic carbocycles. The summed E-state index contributed by atoms with van der Waals surface area (Å²) in [7, 11) is 0. The third-order valence-electron chi connectivity index (χ3n) is 5.45. The predicted octanol–water partition coefficient (Wildman–Crippen LogP) is 2.97. The van der Waals surface area contributed by atoms with Gasteiger partial charge in [0.05, 0.1) is 12.1 Å². The lowest BCUT2D eigenvalue weighted by Gasteiger charge is -2.36. The standard InChI is InChI=1S/C25H32FN5O4/c1-2-35-16-4-11-27-25(29-22-6-3-5-19(17-22)24(33)34)31-14-12-30(13-15-31)18-23(32)28-21-9-7-20(26)8-10-21/h3,5-10,17H,2,4,11-16,18H2,1H3,(H,27,29)(H,28,32)(H,33,34). The fourth-order valence-electron chi connectivity index (χ4n) is 3.63. The van der Waals surface area contributed by atoms with Crippen LogP contribution in [-0.2, 0) is 9.53 Å². The highest BCUT2D eigenvalue weighted by Crippen LogP contribution is 2.14. The number of aliphatic imine (C=N–C) groups is 1. The molecule has 1 fully saturated rings. The summed E-state index contributed by atoms with van der Waals surface area (Å²) in [5.41, 5.74) is 1.40. The SMILES string of the molecule is CCOCCCN=C(Nc1cccc(C(=O)O)c1)N1CCN(CC(=O)Nc2ccc(F)cc2)CC1. The molecule has 3 N–H and O–H groups in total. The van der Waals surface area contributed by atoms with Crippen LogP contribution in [0.5, 0.6) is 0 Å². The average molecular weight is 486 g/mol. The van der Waals surface area contributed by atoms with E-state index in [9.17, 15) is 19.1 Å². The summed E-state index contributed by atoms with van der Waals surface area (Å²) >= 11 is 0. The van der Waals surface area contributed by atoms with Gasteiger partial charge in [-0.15, -0.1) is 0 Å². The summed E-state index contributed by atoms with van der Waals surface area (Å²) in [6, 6.07) is 12.3. The monoisotopic (exact) mass is 485 g/mol. The first-order valence-electron chi connectivity index (χ1n) is 11.7. The van der Waals surface area contributed by atoms with Crippen molar-refractivity contribution in [2.45, 2.75) is 13.3 Å². The number of guanidine groups is 1. The molecular weight excluding hydrogens is 453 g/mol. The molecular formula is C25H32FN5O4. The van der Waals surface area contributed by atoms with Crippen molar-refractivity contribution in [2.24, 2.45) is 4.99 Å². The van der Waals surface area contributed by atoms with Crippen LogP contribution in [0, 0.1) is 5.82 Å². The van der Waals surface area contributed by atoms with Gasteiger partial charge in [-0.05, 0) is 55.8 Å². The maximum atomic E-state index is 13.1. The maximum Gasteiger partial charge on any atom is 0.335 e. The van der Waals surface area contributed by atoms with Gasteiger partial charge in [0, 0.05) is 57.3 Å². The lowest BCUT2D eigenvalue weighted by Crippen LogP contribution is -2.52. The topological polar surface area (TPSA) is 106 Å². The van der Waals surface area contributed by atoms with Crippen molar-refractivity contribution in [3.05, 3.63) is 59.9 Å². The minimum absolute atomic E-state index is 0.154. The number of nitrogens with zero attached hydrogens (tertiary/aromatic N) is 3. The highest BCUT2D eigenvalue weighted by atomic mass is 19.1. The molecule has 0 saturated carbocycles. The second kappa shape index (κ2) is 13.4. The molecule has 0 spiro atoms. The minimum atomic E-state index is -0.989. The molecule has 0 atom stereocenters. The van der Waals surface area contributed by atoms with Gasteiger partial charge in [-0.3, -0.25) is 14.7 Å². The van der Waals surface area contributed by atoms with Gasteiger partial charge < -0.3 is 25.4 Å². The second-order valence-corrected chi connectivity index (χ2v) is 8.09. The number of rotatable bonds is 10. The Bertz CT molecular complexity index is 1010. The zero-order valence-corrected chi connectivity index (χ0v) is 19.9. The summed E-state index contributed by atoms with van der Waals surface area (Å²) in [6.45, 7) is 6.66. The smallest absolute Gasteiger partial charge is 0.335 e. The third-order valence-corrected chi connectivity index (χ3v) is 5.45. The van der Waals surface area contributed by atoms with E-state index in [4.69, 9.17) is 9.73 Å². The Labute approximate surface area is 204 Å². The zero-order chi connectivity index (χ0) is 25.0. The fourth-order valence-corrected chi connectivity index (χ4v) is 3.63. The molecule has 1 saturated heterocycles. The van der Waals surface area contributed by atoms with E-state index in [2.05, 4.69) is 15.5 Å². The molecule has 2 aromatic rings. The van der Waals surface area contributed by atoms with Crippen LogP contribution in [0.25, 0.3) is 0 Å². The van der Waals surface area contributed by atoms with Crippen LogP contribution in [0.3, 0.4) is 0 Å². The van der Waals surface area contributed by atoms with Crippen molar-refractivity contribution in [2.75, 3.05) is 63.1 Å². The Morgan fingerprint density at radius 1 is 1.06 bits per heavy atom. The number of amides is 1. The van der Waals surface area contributed by atoms with Crippen LogP contribution in [-0.4, -0.2) is 85.2 Å². The number of hydrogen-bond donors (Lipinski definition) is 3. The molecule has 1 aliphatic heterocycles. The number of benzene rings is 2. The summed E-state index contributed by atoms with van der Waals surface area (Å²) in [6.07, 6.45) is 0.776. The van der Waals surface area contributed by atoms with Crippen molar-refractivity contribution in [1.82, 2.24) is 9.80 Å². The molecule has 1 aliphatic rings. The number of piperazine rings is 1. The number of anilines is 2. The van der Waals surface area contributed by atoms with E-state index in [-0.39, 0.29) is 23.8 Å². The number of aromatic carboxylic acids is 1. The molecule has 0 radical (unpaired) electrons. The first-order chi connectivity index (χ1) is 16.9. The van der Waals surface area contributed by atoms with E-state index in [1.54, 1.807) is 24.3 Å². The van der Waals surface area contributed by atoms with Crippen LogP contribution < -0.4 is 10.6 Å². The Morgan fingerprint density at radius 3 is 2.49 bits per heavy atom. The molecule has 1 amide bonds. The fraction of sp³-hybridized carbons (Fsp3) is 0.400. The van der Waals surface area contributed by atoms with E-state index < -0.39 is 5.97 Å². The van der Waals surface area contributed by atoms with Crippen LogP contribution in [0.2, 0.25) is 0 Å². The van der Waals surface area contributed by atoms with E-state index in [1.807, 2.05) is 11.8 Å². The van der Waals surface area contributed by atoms with Crippen LogP contribution in [0.15, 0.2) is 53.5 Å². The maximum absolute atomic E-state index is 13.1. The molecule has 0 unspecified atom stereocenters. The molecule has 0 bridgehead atoms. The molecule has 10 heteroatoms. The third kappa shape index (κ3) is 8.66. The molecule has 2 aromatic carbocycles. The molecule has 1 heterocycles. The van der Waals surface area contributed by atoms with E-state index >= 15 is 0 Å². The Hall–Kier alpha value is -3.50. The minimum Gasteiger partial charge on any atom is -0.478 e. The number of carboxylic acid groups (broad SMARTS) is 1. The summed E-state index contributed by atoms with van der Waals surface area (Å²) in [4.78, 5) is 32.6. The van der Waals surface area contributed by atoms with E-state index in [0.717, 1.165) is 6.42 Å². The van der Waals surface area contributed by atoms with Gasteiger partial charge in [0.25, 0.3) is 0 Å². The largest absolute Gasteiger partial charge is 0.478 e. The van der Waals surface area contributed by atoms with Crippen LogP contribution in [0.1, 0.15) is 23.7 Å². The molecule has 0 aromatic heterocycles.